The number of anilines is 1. The molecule has 2 saturated heterocycles. The first kappa shape index (κ1) is 28.6. The fourth-order valence-corrected chi connectivity index (χ4v) is 7.20. The van der Waals surface area contributed by atoms with E-state index in [1.165, 1.54) is 12.8 Å². The molecule has 0 unspecified atom stereocenters. The second-order valence-corrected chi connectivity index (χ2v) is 12.0. The zero-order valence-electron chi connectivity index (χ0n) is 24.6. The van der Waals surface area contributed by atoms with Gasteiger partial charge in [0.25, 0.3) is 0 Å². The predicted octanol–water partition coefficient (Wildman–Crippen LogP) is 4.52. The number of nitrogen functional groups attached to an aromatic ring is 1. The Balaban J connectivity index is 0.999. The third kappa shape index (κ3) is 6.15. The number of nitrogens with two attached hydrogens (primary N) is 1. The molecule has 3 aromatic rings. The molecule has 0 atom stereocenters. The summed E-state index contributed by atoms with van der Waals surface area (Å²) in [5.41, 5.74) is 9.09. The van der Waals surface area contributed by atoms with Gasteiger partial charge in [0.05, 0.1) is 30.5 Å². The Hall–Kier alpha value is -3.50. The van der Waals surface area contributed by atoms with Crippen molar-refractivity contribution < 1.29 is 14.6 Å². The van der Waals surface area contributed by atoms with E-state index in [4.69, 9.17) is 15.6 Å². The summed E-state index contributed by atoms with van der Waals surface area (Å²) >= 11 is 0. The van der Waals surface area contributed by atoms with Crippen molar-refractivity contribution in [1.29, 1.82) is 0 Å². The molecule has 4 heterocycles. The van der Waals surface area contributed by atoms with E-state index in [0.29, 0.717) is 41.8 Å². The number of piperidine rings is 2. The average molecular weight is 574 g/mol. The van der Waals surface area contributed by atoms with E-state index < -0.39 is 0 Å². The minimum Gasteiger partial charge on any atom is -0.507 e. The number of carbonyl (C=O) groups is 1. The van der Waals surface area contributed by atoms with Crippen LogP contribution in [-0.2, 0) is 9.53 Å². The van der Waals surface area contributed by atoms with Crippen LogP contribution in [0.5, 0.6) is 5.75 Å². The molecule has 10 heteroatoms. The standard InChI is InChI=1S/C32H43N7O3/c1-2-42-32(41)22-7-9-24(10-8-22)37-15-11-25(12-16-37)38-17-13-26(14-18-38)39-21-23(20-34-39)28-19-29(35-36-31(28)33)27-5-3-4-6-30(27)40/h3-6,19-22,24-26,40H,2,7-18H2,1H3,(H2,33,36). The summed E-state index contributed by atoms with van der Waals surface area (Å²) in [6, 6.07) is 10.6. The Morgan fingerprint density at radius 3 is 2.21 bits per heavy atom. The number of esters is 1. The second kappa shape index (κ2) is 12.8. The highest BCUT2D eigenvalue weighted by molar-refractivity contribution is 5.78. The number of hydrogen-bond donors (Lipinski definition) is 2. The number of phenolic OH excluding ortho intramolecular Hbond substituents is 1. The van der Waals surface area contributed by atoms with Crippen molar-refractivity contribution in [2.24, 2.45) is 5.92 Å². The van der Waals surface area contributed by atoms with E-state index in [0.717, 1.165) is 75.8 Å². The van der Waals surface area contributed by atoms with Crippen LogP contribution in [0.3, 0.4) is 0 Å². The lowest BCUT2D eigenvalue weighted by molar-refractivity contribution is -0.149. The molecular formula is C32H43N7O3. The second-order valence-electron chi connectivity index (χ2n) is 12.0. The van der Waals surface area contributed by atoms with Crippen molar-refractivity contribution in [2.75, 3.05) is 38.5 Å². The third-order valence-corrected chi connectivity index (χ3v) is 9.64. The van der Waals surface area contributed by atoms with Gasteiger partial charge in [-0.1, -0.05) is 12.1 Å². The topological polar surface area (TPSA) is 123 Å². The Kier molecular flexibility index (Phi) is 8.71. The van der Waals surface area contributed by atoms with Crippen LogP contribution in [0.2, 0.25) is 0 Å². The van der Waals surface area contributed by atoms with Gasteiger partial charge in [0.2, 0.25) is 0 Å². The Morgan fingerprint density at radius 1 is 0.905 bits per heavy atom. The van der Waals surface area contributed by atoms with Crippen LogP contribution < -0.4 is 5.73 Å². The quantitative estimate of drug-likeness (QED) is 0.393. The Labute approximate surface area is 247 Å². The molecule has 1 saturated carbocycles. The lowest BCUT2D eigenvalue weighted by Crippen LogP contribution is -2.50. The molecule has 3 N–H and O–H groups in total. The molecule has 0 spiro atoms. The normalized spacial score (nSPS) is 23.2. The number of benzene rings is 1. The number of para-hydroxylation sites is 1. The summed E-state index contributed by atoms with van der Waals surface area (Å²) in [5.74, 6) is 0.614. The number of phenols is 1. The number of carbonyl (C=O) groups excluding carboxylic acids is 1. The summed E-state index contributed by atoms with van der Waals surface area (Å²) in [6.07, 6.45) is 12.7. The fourth-order valence-electron chi connectivity index (χ4n) is 7.20. The maximum atomic E-state index is 12.1. The molecule has 224 valence electrons. The number of likely N-dealkylation sites (tertiary alicyclic amines) is 2. The van der Waals surface area contributed by atoms with Crippen LogP contribution in [0.1, 0.15) is 64.3 Å². The van der Waals surface area contributed by atoms with Crippen LogP contribution in [0.4, 0.5) is 5.82 Å². The predicted molar refractivity (Wildman–Crippen MR) is 162 cm³/mol. The summed E-state index contributed by atoms with van der Waals surface area (Å²) in [4.78, 5) is 17.5. The number of ether oxygens (including phenoxy) is 1. The first-order chi connectivity index (χ1) is 20.5. The van der Waals surface area contributed by atoms with Crippen molar-refractivity contribution in [3.05, 3.63) is 42.7 Å². The highest BCUT2D eigenvalue weighted by Crippen LogP contribution is 2.34. The monoisotopic (exact) mass is 573 g/mol. The van der Waals surface area contributed by atoms with Gasteiger partial charge in [0.15, 0.2) is 5.82 Å². The first-order valence-corrected chi connectivity index (χ1v) is 15.6. The fraction of sp³-hybridized carbons (Fsp3) is 0.562. The number of rotatable bonds is 7. The van der Waals surface area contributed by atoms with Crippen molar-refractivity contribution in [3.63, 3.8) is 0 Å². The van der Waals surface area contributed by atoms with E-state index >= 15 is 0 Å². The molecule has 42 heavy (non-hydrogen) atoms. The molecule has 0 bridgehead atoms. The van der Waals surface area contributed by atoms with Gasteiger partial charge in [0.1, 0.15) is 5.75 Å². The molecule has 3 aliphatic rings. The van der Waals surface area contributed by atoms with Crippen LogP contribution in [0, 0.1) is 5.92 Å². The summed E-state index contributed by atoms with van der Waals surface area (Å²) in [7, 11) is 0. The largest absolute Gasteiger partial charge is 0.507 e. The zero-order chi connectivity index (χ0) is 29.1. The molecule has 2 aromatic heterocycles. The van der Waals surface area contributed by atoms with Gasteiger partial charge in [-0.05, 0) is 89.6 Å². The van der Waals surface area contributed by atoms with Crippen molar-refractivity contribution in [2.45, 2.75) is 76.4 Å². The highest BCUT2D eigenvalue weighted by Gasteiger charge is 2.34. The van der Waals surface area contributed by atoms with E-state index in [1.807, 2.05) is 31.3 Å². The molecule has 2 aliphatic heterocycles. The highest BCUT2D eigenvalue weighted by atomic mass is 16.5. The SMILES string of the molecule is CCOC(=O)C1CCC(N2CCC(N3CCC(n4cc(-c5cc(-c6ccccc6O)nnc5N)cn4)CC3)CC2)CC1. The molecular weight excluding hydrogens is 530 g/mol. The number of aromatic hydroxyl groups is 1. The molecule has 6 rings (SSSR count). The first-order valence-electron chi connectivity index (χ1n) is 15.6. The summed E-state index contributed by atoms with van der Waals surface area (Å²) in [5, 5.41) is 23.3. The minimum absolute atomic E-state index is 0.00115. The summed E-state index contributed by atoms with van der Waals surface area (Å²) in [6.45, 7) is 6.86. The van der Waals surface area contributed by atoms with Gasteiger partial charge in [-0.25, -0.2) is 0 Å². The molecule has 0 amide bonds. The molecule has 3 fully saturated rings. The van der Waals surface area contributed by atoms with Gasteiger partial charge in [0, 0.05) is 48.1 Å². The lowest BCUT2D eigenvalue weighted by atomic mass is 9.84. The molecule has 1 aromatic carbocycles. The molecule has 0 radical (unpaired) electrons. The van der Waals surface area contributed by atoms with Crippen LogP contribution in [-0.4, -0.2) is 85.7 Å². The van der Waals surface area contributed by atoms with Crippen LogP contribution >= 0.6 is 0 Å². The number of aromatic nitrogens is 4. The van der Waals surface area contributed by atoms with Crippen LogP contribution in [0.15, 0.2) is 42.7 Å². The molecule has 10 nitrogen and oxygen atoms in total. The number of nitrogens with zero attached hydrogens (tertiary/aromatic N) is 6. The van der Waals surface area contributed by atoms with Crippen molar-refractivity contribution >= 4 is 11.8 Å². The number of hydrogen-bond acceptors (Lipinski definition) is 9. The van der Waals surface area contributed by atoms with Gasteiger partial charge >= 0.3 is 5.97 Å². The van der Waals surface area contributed by atoms with Crippen molar-refractivity contribution in [1.82, 2.24) is 29.8 Å². The van der Waals surface area contributed by atoms with Gasteiger partial charge in [-0.15, -0.1) is 10.2 Å². The van der Waals surface area contributed by atoms with Gasteiger partial charge < -0.3 is 25.4 Å². The summed E-state index contributed by atoms with van der Waals surface area (Å²) < 4.78 is 7.33. The lowest BCUT2D eigenvalue weighted by Gasteiger charge is -2.44. The third-order valence-electron chi connectivity index (χ3n) is 9.64. The maximum Gasteiger partial charge on any atom is 0.308 e. The maximum absolute atomic E-state index is 12.1. The van der Waals surface area contributed by atoms with E-state index in [2.05, 4.69) is 30.9 Å². The Bertz CT molecular complexity index is 1350. The minimum atomic E-state index is 0.00115. The zero-order valence-corrected chi connectivity index (χ0v) is 24.6. The van der Waals surface area contributed by atoms with E-state index in [1.54, 1.807) is 12.1 Å². The Morgan fingerprint density at radius 2 is 1.55 bits per heavy atom. The molecule has 1 aliphatic carbocycles. The van der Waals surface area contributed by atoms with Gasteiger partial charge in [-0.2, -0.15) is 5.10 Å². The van der Waals surface area contributed by atoms with Crippen molar-refractivity contribution in [3.8, 4) is 28.1 Å². The van der Waals surface area contributed by atoms with E-state index in [-0.39, 0.29) is 17.6 Å². The van der Waals surface area contributed by atoms with Gasteiger partial charge in [-0.3, -0.25) is 9.48 Å². The smallest absolute Gasteiger partial charge is 0.308 e. The average Bonchev–Trinajstić information content (AvgIpc) is 3.52. The van der Waals surface area contributed by atoms with E-state index in [9.17, 15) is 9.90 Å². The van der Waals surface area contributed by atoms with Crippen LogP contribution in [0.25, 0.3) is 22.4 Å².